The van der Waals surface area contributed by atoms with E-state index in [4.69, 9.17) is 0 Å². The molecule has 0 heterocycles. The van der Waals surface area contributed by atoms with Crippen LogP contribution in [0.1, 0.15) is 42.4 Å². The second-order valence-electron chi connectivity index (χ2n) is 8.96. The molecule has 30 heavy (non-hydrogen) atoms. The molecular weight excluding hydrogens is 396 g/mol. The molecule has 1 amide bonds. The van der Waals surface area contributed by atoms with Crippen LogP contribution in [0, 0.1) is 32.6 Å². The van der Waals surface area contributed by atoms with Gasteiger partial charge in [-0.2, -0.15) is 0 Å². The highest BCUT2D eigenvalue weighted by Crippen LogP contribution is 2.44. The normalized spacial score (nSPS) is 22.8. The number of sulfonamides is 1. The molecule has 160 valence electrons. The zero-order chi connectivity index (χ0) is 21.5. The molecule has 2 fully saturated rings. The van der Waals surface area contributed by atoms with Gasteiger partial charge in [0, 0.05) is 6.04 Å². The first-order valence-corrected chi connectivity index (χ1v) is 12.1. The minimum Gasteiger partial charge on any atom is -0.352 e. The Bertz CT molecular complexity index is 1050. The van der Waals surface area contributed by atoms with Crippen molar-refractivity contribution >= 4 is 21.6 Å². The maximum Gasteiger partial charge on any atom is 0.264 e. The van der Waals surface area contributed by atoms with E-state index in [1.54, 1.807) is 24.3 Å². The second kappa shape index (κ2) is 8.06. The van der Waals surface area contributed by atoms with E-state index < -0.39 is 10.0 Å². The number of nitrogens with zero attached hydrogens (tertiary/aromatic N) is 1. The standard InChI is InChI=1S/C24H30N2O3S/c1-16-5-10-21(11-6-16)30(28,29)26(23-12-17(2)4-7-18(23)3)15-24(27)25-22-14-19-8-9-20(22)13-19/h4-7,10-12,19-20,22H,8-9,13-15H2,1-3H3,(H,25,27)/t19-,20-,22-/m1/s1. The highest BCUT2D eigenvalue weighted by atomic mass is 32.2. The molecule has 4 rings (SSSR count). The van der Waals surface area contributed by atoms with Crippen LogP contribution < -0.4 is 9.62 Å². The summed E-state index contributed by atoms with van der Waals surface area (Å²) in [6.45, 7) is 5.51. The second-order valence-corrected chi connectivity index (χ2v) is 10.8. The Kier molecular flexibility index (Phi) is 5.62. The van der Waals surface area contributed by atoms with Crippen LogP contribution in [-0.2, 0) is 14.8 Å². The van der Waals surface area contributed by atoms with Gasteiger partial charge in [0.1, 0.15) is 6.54 Å². The Morgan fingerprint density at radius 3 is 2.33 bits per heavy atom. The van der Waals surface area contributed by atoms with E-state index in [-0.39, 0.29) is 23.4 Å². The van der Waals surface area contributed by atoms with Gasteiger partial charge < -0.3 is 5.32 Å². The molecule has 2 saturated carbocycles. The van der Waals surface area contributed by atoms with Crippen LogP contribution in [0.3, 0.4) is 0 Å². The summed E-state index contributed by atoms with van der Waals surface area (Å²) in [6, 6.07) is 12.6. The Hall–Kier alpha value is -2.34. The number of amides is 1. The van der Waals surface area contributed by atoms with E-state index in [2.05, 4.69) is 5.32 Å². The predicted octanol–water partition coefficient (Wildman–Crippen LogP) is 4.11. The lowest BCUT2D eigenvalue weighted by Gasteiger charge is -2.28. The van der Waals surface area contributed by atoms with Crippen molar-refractivity contribution in [2.45, 2.75) is 57.4 Å². The van der Waals surface area contributed by atoms with Crippen molar-refractivity contribution in [2.75, 3.05) is 10.8 Å². The number of carbonyl (C=O) groups excluding carboxylic acids is 1. The molecule has 0 saturated heterocycles. The Balaban J connectivity index is 1.64. The quantitative estimate of drug-likeness (QED) is 0.756. The lowest BCUT2D eigenvalue weighted by atomic mass is 9.95. The average molecular weight is 427 g/mol. The molecule has 2 bridgehead atoms. The predicted molar refractivity (Wildman–Crippen MR) is 119 cm³/mol. The number of hydrogen-bond acceptors (Lipinski definition) is 3. The van der Waals surface area contributed by atoms with Crippen LogP contribution >= 0.6 is 0 Å². The first-order valence-electron chi connectivity index (χ1n) is 10.7. The molecule has 0 aliphatic heterocycles. The summed E-state index contributed by atoms with van der Waals surface area (Å²) in [6.07, 6.45) is 4.63. The van der Waals surface area contributed by atoms with Crippen LogP contribution in [-0.4, -0.2) is 26.9 Å². The number of aryl methyl sites for hydroxylation is 3. The maximum absolute atomic E-state index is 13.6. The van der Waals surface area contributed by atoms with Gasteiger partial charge in [0.25, 0.3) is 10.0 Å². The van der Waals surface area contributed by atoms with Gasteiger partial charge >= 0.3 is 0 Å². The molecule has 0 aromatic heterocycles. The van der Waals surface area contributed by atoms with Crippen molar-refractivity contribution in [1.29, 1.82) is 0 Å². The fourth-order valence-electron chi connectivity index (χ4n) is 4.93. The molecule has 2 aliphatic carbocycles. The third kappa shape index (κ3) is 4.10. The largest absolute Gasteiger partial charge is 0.352 e. The van der Waals surface area contributed by atoms with Crippen molar-refractivity contribution < 1.29 is 13.2 Å². The van der Waals surface area contributed by atoms with Gasteiger partial charge in [-0.1, -0.05) is 36.2 Å². The van der Waals surface area contributed by atoms with Gasteiger partial charge in [-0.3, -0.25) is 9.10 Å². The number of fused-ring (bicyclic) bond motifs is 2. The lowest BCUT2D eigenvalue weighted by molar-refractivity contribution is -0.120. The van der Waals surface area contributed by atoms with Crippen LogP contribution in [0.5, 0.6) is 0 Å². The molecule has 6 heteroatoms. The third-order valence-electron chi connectivity index (χ3n) is 6.61. The first-order chi connectivity index (χ1) is 14.2. The topological polar surface area (TPSA) is 66.5 Å². The van der Waals surface area contributed by atoms with Gasteiger partial charge in [-0.05, 0) is 81.2 Å². The summed E-state index contributed by atoms with van der Waals surface area (Å²) in [7, 11) is -3.88. The molecule has 0 unspecified atom stereocenters. The lowest BCUT2D eigenvalue weighted by Crippen LogP contribution is -2.46. The summed E-state index contributed by atoms with van der Waals surface area (Å²) in [5.74, 6) is 1.03. The minimum absolute atomic E-state index is 0.179. The summed E-state index contributed by atoms with van der Waals surface area (Å²) in [5.41, 5.74) is 3.32. The number of nitrogens with one attached hydrogen (secondary N) is 1. The smallest absolute Gasteiger partial charge is 0.264 e. The summed E-state index contributed by atoms with van der Waals surface area (Å²) in [4.78, 5) is 13.2. The fraction of sp³-hybridized carbons (Fsp3) is 0.458. The number of hydrogen-bond donors (Lipinski definition) is 1. The zero-order valence-electron chi connectivity index (χ0n) is 17.9. The van der Waals surface area contributed by atoms with Gasteiger partial charge in [-0.15, -0.1) is 0 Å². The number of anilines is 1. The van der Waals surface area contributed by atoms with Gasteiger partial charge in [0.2, 0.25) is 5.91 Å². The summed E-state index contributed by atoms with van der Waals surface area (Å²) in [5, 5.41) is 3.13. The molecule has 2 aliphatic rings. The number of carbonyl (C=O) groups is 1. The van der Waals surface area contributed by atoms with Gasteiger partial charge in [-0.25, -0.2) is 8.42 Å². The molecule has 3 atom stereocenters. The van der Waals surface area contributed by atoms with Crippen molar-refractivity contribution in [2.24, 2.45) is 11.8 Å². The number of benzene rings is 2. The van der Waals surface area contributed by atoms with Crippen LogP contribution in [0.4, 0.5) is 5.69 Å². The zero-order valence-corrected chi connectivity index (χ0v) is 18.7. The van der Waals surface area contributed by atoms with Crippen molar-refractivity contribution in [1.82, 2.24) is 5.32 Å². The van der Waals surface area contributed by atoms with E-state index in [9.17, 15) is 13.2 Å². The summed E-state index contributed by atoms with van der Waals surface area (Å²) >= 11 is 0. The van der Waals surface area contributed by atoms with E-state index in [1.807, 2.05) is 39.0 Å². The van der Waals surface area contributed by atoms with Gasteiger partial charge in [0.15, 0.2) is 0 Å². The van der Waals surface area contributed by atoms with Crippen molar-refractivity contribution in [3.63, 3.8) is 0 Å². The van der Waals surface area contributed by atoms with Gasteiger partial charge in [0.05, 0.1) is 10.6 Å². The van der Waals surface area contributed by atoms with E-state index >= 15 is 0 Å². The molecule has 0 spiro atoms. The molecular formula is C24H30N2O3S. The molecule has 0 radical (unpaired) electrons. The highest BCUT2D eigenvalue weighted by Gasteiger charge is 2.40. The highest BCUT2D eigenvalue weighted by molar-refractivity contribution is 7.92. The SMILES string of the molecule is Cc1ccc(S(=O)(=O)N(CC(=O)N[C@@H]2C[C@@H]3CC[C@@H]2C3)c2cc(C)ccc2C)cc1. The molecule has 2 aromatic carbocycles. The fourth-order valence-corrected chi connectivity index (χ4v) is 6.41. The van der Waals surface area contributed by atoms with E-state index in [0.29, 0.717) is 17.5 Å². The Labute approximate surface area is 179 Å². The Morgan fingerprint density at radius 1 is 1.00 bits per heavy atom. The Morgan fingerprint density at radius 2 is 1.70 bits per heavy atom. The average Bonchev–Trinajstić information content (AvgIpc) is 3.31. The van der Waals surface area contributed by atoms with Crippen molar-refractivity contribution in [3.05, 3.63) is 59.2 Å². The maximum atomic E-state index is 13.6. The van der Waals surface area contributed by atoms with Crippen LogP contribution in [0.25, 0.3) is 0 Å². The van der Waals surface area contributed by atoms with E-state index in [0.717, 1.165) is 29.5 Å². The summed E-state index contributed by atoms with van der Waals surface area (Å²) < 4.78 is 28.4. The third-order valence-corrected chi connectivity index (χ3v) is 8.39. The molecule has 1 N–H and O–H groups in total. The monoisotopic (exact) mass is 426 g/mol. The van der Waals surface area contributed by atoms with Crippen LogP contribution in [0.15, 0.2) is 47.4 Å². The molecule has 2 aromatic rings. The first kappa shape index (κ1) is 20.9. The van der Waals surface area contributed by atoms with Crippen LogP contribution in [0.2, 0.25) is 0 Å². The minimum atomic E-state index is -3.88. The van der Waals surface area contributed by atoms with Crippen molar-refractivity contribution in [3.8, 4) is 0 Å². The number of rotatable bonds is 6. The van der Waals surface area contributed by atoms with E-state index in [1.165, 1.54) is 17.1 Å². The molecule has 5 nitrogen and oxygen atoms in total.